The monoisotopic (exact) mass is 541 g/mol. The van der Waals surface area contributed by atoms with Gasteiger partial charge < -0.3 is 20.2 Å². The second-order valence-electron chi connectivity index (χ2n) is 8.86. The van der Waals surface area contributed by atoms with Gasteiger partial charge in [0.05, 0.1) is 5.25 Å². The standard InChI is InChI=1S/C26H26ClN4O5S/c1-4-16-7-10-22-20(12-16)23(19-6-5-11-28-25(19)32)24(26(33)30-37(35,36)15(2)3)31(22)14-17-13-18(29-34)8-9-21(17)27/h5-13,15,29H,4,14H2,1-3H3,(H,28,32)(H,30,33)/q-1. The van der Waals surface area contributed by atoms with Gasteiger partial charge in [-0.05, 0) is 73.9 Å². The van der Waals surface area contributed by atoms with Gasteiger partial charge in [0.15, 0.2) is 0 Å². The van der Waals surface area contributed by atoms with Gasteiger partial charge in [-0.15, -0.1) is 0 Å². The molecular weight excluding hydrogens is 516 g/mol. The summed E-state index contributed by atoms with van der Waals surface area (Å²) in [7, 11) is -3.99. The summed E-state index contributed by atoms with van der Waals surface area (Å²) in [4.78, 5) is 29.2. The van der Waals surface area contributed by atoms with E-state index in [2.05, 4.69) is 9.71 Å². The summed E-state index contributed by atoms with van der Waals surface area (Å²) in [5, 5.41) is 11.4. The molecule has 0 bridgehead atoms. The maximum atomic E-state index is 13.7. The average molecular weight is 542 g/mol. The minimum atomic E-state index is -3.99. The van der Waals surface area contributed by atoms with Crippen LogP contribution in [-0.2, 0) is 23.0 Å². The molecule has 0 radical (unpaired) electrons. The van der Waals surface area contributed by atoms with Crippen LogP contribution in [0.25, 0.3) is 22.0 Å². The van der Waals surface area contributed by atoms with Crippen LogP contribution in [0.3, 0.4) is 0 Å². The van der Waals surface area contributed by atoms with Crippen LogP contribution in [0.1, 0.15) is 42.4 Å². The Hall–Kier alpha value is -3.60. The highest BCUT2D eigenvalue weighted by molar-refractivity contribution is 7.90. The van der Waals surface area contributed by atoms with Crippen molar-refractivity contribution in [1.82, 2.24) is 14.3 Å². The summed E-state index contributed by atoms with van der Waals surface area (Å²) < 4.78 is 29.1. The van der Waals surface area contributed by atoms with Crippen molar-refractivity contribution >= 4 is 44.1 Å². The van der Waals surface area contributed by atoms with Crippen LogP contribution in [0.2, 0.25) is 5.02 Å². The third-order valence-corrected chi connectivity index (χ3v) is 8.27. The molecule has 0 unspecified atom stereocenters. The van der Waals surface area contributed by atoms with Crippen LogP contribution in [0, 0.1) is 5.21 Å². The molecule has 4 rings (SSSR count). The van der Waals surface area contributed by atoms with Gasteiger partial charge in [-0.3, -0.25) is 9.59 Å². The first-order valence-electron chi connectivity index (χ1n) is 11.6. The van der Waals surface area contributed by atoms with Gasteiger partial charge in [-0.25, -0.2) is 13.1 Å². The van der Waals surface area contributed by atoms with Crippen LogP contribution in [0.4, 0.5) is 5.69 Å². The largest absolute Gasteiger partial charge is 0.761 e. The molecule has 0 aliphatic rings. The summed E-state index contributed by atoms with van der Waals surface area (Å²) in [6, 6.07) is 13.5. The van der Waals surface area contributed by atoms with Gasteiger partial charge in [0.25, 0.3) is 11.5 Å². The second kappa shape index (κ2) is 10.4. The van der Waals surface area contributed by atoms with Crippen molar-refractivity contribution < 1.29 is 13.2 Å². The number of halogens is 1. The first kappa shape index (κ1) is 26.5. The van der Waals surface area contributed by atoms with E-state index in [0.29, 0.717) is 33.5 Å². The first-order valence-corrected chi connectivity index (χ1v) is 13.6. The van der Waals surface area contributed by atoms with Crippen LogP contribution in [-0.4, -0.2) is 29.1 Å². The molecule has 0 atom stereocenters. The third-order valence-electron chi connectivity index (χ3n) is 6.19. The summed E-state index contributed by atoms with van der Waals surface area (Å²) in [6.07, 6.45) is 2.19. The van der Waals surface area contributed by atoms with Crippen molar-refractivity contribution in [2.45, 2.75) is 39.0 Å². The van der Waals surface area contributed by atoms with E-state index in [4.69, 9.17) is 11.6 Å². The molecule has 0 aliphatic heterocycles. The van der Waals surface area contributed by atoms with Crippen molar-refractivity contribution in [2.24, 2.45) is 0 Å². The van der Waals surface area contributed by atoms with Crippen LogP contribution in [0.5, 0.6) is 0 Å². The number of amides is 1. The van der Waals surface area contributed by atoms with E-state index in [1.54, 1.807) is 28.8 Å². The van der Waals surface area contributed by atoms with E-state index < -0.39 is 26.7 Å². The predicted octanol–water partition coefficient (Wildman–Crippen LogP) is 4.64. The van der Waals surface area contributed by atoms with Crippen molar-refractivity contribution in [2.75, 3.05) is 5.48 Å². The number of carbonyl (C=O) groups is 1. The second-order valence-corrected chi connectivity index (χ2v) is 11.5. The van der Waals surface area contributed by atoms with E-state index >= 15 is 0 Å². The summed E-state index contributed by atoms with van der Waals surface area (Å²) >= 11 is 6.44. The van der Waals surface area contributed by atoms with Crippen molar-refractivity contribution in [3.63, 3.8) is 0 Å². The lowest BCUT2D eigenvalue weighted by atomic mass is 10.0. The topological polar surface area (TPSA) is 136 Å². The molecule has 194 valence electrons. The fourth-order valence-electron chi connectivity index (χ4n) is 4.14. The molecular formula is C26H26ClN4O5S-. The summed E-state index contributed by atoms with van der Waals surface area (Å²) in [5.74, 6) is -0.879. The number of sulfonamides is 1. The Morgan fingerprint density at radius 3 is 2.57 bits per heavy atom. The molecule has 3 N–H and O–H groups in total. The Balaban J connectivity index is 2.08. The Labute approximate surface area is 219 Å². The number of hydrogen-bond donors (Lipinski definition) is 3. The Morgan fingerprint density at radius 1 is 1.16 bits per heavy atom. The molecule has 2 aromatic carbocycles. The lowest BCUT2D eigenvalue weighted by molar-refractivity contribution is 0.0973. The molecule has 1 amide bonds. The zero-order chi connectivity index (χ0) is 26.9. The predicted molar refractivity (Wildman–Crippen MR) is 146 cm³/mol. The fourth-order valence-corrected chi connectivity index (χ4v) is 4.91. The number of aromatic nitrogens is 2. The van der Waals surface area contributed by atoms with Gasteiger partial charge in [0.1, 0.15) is 5.69 Å². The van der Waals surface area contributed by atoms with E-state index in [9.17, 15) is 23.2 Å². The SMILES string of the molecule is CCc1ccc2c(c1)c(-c1ccc[nH]c1=O)c(C(=O)NS(=O)(=O)C(C)C)n2Cc1cc(N[O-])ccc1Cl. The number of fused-ring (bicyclic) bond motifs is 1. The highest BCUT2D eigenvalue weighted by atomic mass is 35.5. The highest BCUT2D eigenvalue weighted by Gasteiger charge is 2.29. The smallest absolute Gasteiger partial charge is 0.282 e. The van der Waals surface area contributed by atoms with Crippen molar-refractivity contribution in [1.29, 1.82) is 0 Å². The van der Waals surface area contributed by atoms with Gasteiger partial charge in [0, 0.05) is 45.5 Å². The van der Waals surface area contributed by atoms with E-state index in [-0.39, 0.29) is 23.5 Å². The number of aromatic amines is 1. The maximum absolute atomic E-state index is 13.7. The zero-order valence-corrected chi connectivity index (χ0v) is 22.0. The number of nitrogens with zero attached hydrogens (tertiary/aromatic N) is 1. The fraction of sp³-hybridized carbons (Fsp3) is 0.231. The molecule has 9 nitrogen and oxygen atoms in total. The van der Waals surface area contributed by atoms with Crippen LogP contribution in [0.15, 0.2) is 59.5 Å². The number of benzene rings is 2. The van der Waals surface area contributed by atoms with Gasteiger partial charge in [-0.2, -0.15) is 0 Å². The highest BCUT2D eigenvalue weighted by Crippen LogP contribution is 2.36. The average Bonchev–Trinajstić information content (AvgIpc) is 3.18. The molecule has 0 saturated carbocycles. The van der Waals surface area contributed by atoms with Crippen molar-refractivity contribution in [3.8, 4) is 11.1 Å². The van der Waals surface area contributed by atoms with Crippen LogP contribution < -0.4 is 15.8 Å². The number of rotatable bonds is 8. The number of H-pyrrole nitrogens is 1. The molecule has 0 saturated heterocycles. The molecule has 37 heavy (non-hydrogen) atoms. The Kier molecular flexibility index (Phi) is 7.44. The van der Waals surface area contributed by atoms with Crippen molar-refractivity contribution in [3.05, 3.63) is 92.1 Å². The summed E-state index contributed by atoms with van der Waals surface area (Å²) in [6.45, 7) is 4.94. The lowest BCUT2D eigenvalue weighted by Gasteiger charge is -2.16. The van der Waals surface area contributed by atoms with Gasteiger partial charge in [0.2, 0.25) is 10.0 Å². The molecule has 0 fully saturated rings. The molecule has 0 aliphatic carbocycles. The molecule has 2 heterocycles. The molecule has 11 heteroatoms. The lowest BCUT2D eigenvalue weighted by Crippen LogP contribution is -2.37. The van der Waals surface area contributed by atoms with Gasteiger partial charge >= 0.3 is 0 Å². The summed E-state index contributed by atoms with van der Waals surface area (Å²) in [5.41, 5.74) is 4.27. The maximum Gasteiger partial charge on any atom is 0.282 e. The van der Waals surface area contributed by atoms with E-state index in [0.717, 1.165) is 5.56 Å². The normalized spacial score (nSPS) is 11.7. The molecule has 0 spiro atoms. The number of hydrogen-bond acceptors (Lipinski definition) is 6. The molecule has 4 aromatic rings. The minimum Gasteiger partial charge on any atom is -0.761 e. The van der Waals surface area contributed by atoms with E-state index in [1.807, 2.05) is 30.6 Å². The quantitative estimate of drug-likeness (QED) is 0.278. The first-order chi connectivity index (χ1) is 17.6. The number of carbonyl (C=O) groups excluding carboxylic acids is 1. The van der Waals surface area contributed by atoms with Crippen LogP contribution >= 0.6 is 11.6 Å². The number of aryl methyl sites for hydroxylation is 1. The molecule has 2 aromatic heterocycles. The Bertz CT molecular complexity index is 1660. The minimum absolute atomic E-state index is 0.0132. The number of pyridine rings is 1. The van der Waals surface area contributed by atoms with E-state index in [1.165, 1.54) is 26.1 Å². The van der Waals surface area contributed by atoms with Gasteiger partial charge in [-0.1, -0.05) is 24.6 Å². The third kappa shape index (κ3) is 5.13. The number of nitrogens with one attached hydrogen (secondary N) is 3. The number of anilines is 1. The zero-order valence-electron chi connectivity index (χ0n) is 20.5. The Morgan fingerprint density at radius 2 is 1.92 bits per heavy atom.